The summed E-state index contributed by atoms with van der Waals surface area (Å²) in [5.74, 6) is 1.30. The average molecular weight is 271 g/mol. The summed E-state index contributed by atoms with van der Waals surface area (Å²) >= 11 is 1.78. The first kappa shape index (κ1) is 12.5. The fraction of sp³-hybridized carbons (Fsp3) is 0.333. The zero-order valence-electron chi connectivity index (χ0n) is 11.1. The maximum Gasteiger partial charge on any atom is 0.115 e. The van der Waals surface area contributed by atoms with E-state index < -0.39 is 0 Å². The van der Waals surface area contributed by atoms with Gasteiger partial charge in [0.25, 0.3) is 0 Å². The van der Waals surface area contributed by atoms with Gasteiger partial charge in [-0.05, 0) is 30.4 Å². The van der Waals surface area contributed by atoms with Crippen molar-refractivity contribution < 1.29 is 0 Å². The second-order valence-corrected chi connectivity index (χ2v) is 5.72. The van der Waals surface area contributed by atoms with Gasteiger partial charge in [0.05, 0.1) is 12.3 Å². The quantitative estimate of drug-likeness (QED) is 0.897. The Morgan fingerprint density at radius 1 is 1.32 bits per heavy atom. The Hall–Kier alpha value is -1.55. The first-order valence-corrected chi connectivity index (χ1v) is 7.49. The van der Waals surface area contributed by atoms with Crippen molar-refractivity contribution in [1.82, 2.24) is 5.32 Å². The minimum atomic E-state index is 0.239. The van der Waals surface area contributed by atoms with E-state index in [4.69, 9.17) is 0 Å². The molecule has 1 aromatic carbocycles. The number of rotatable bonds is 2. The van der Waals surface area contributed by atoms with E-state index in [-0.39, 0.29) is 11.3 Å². The van der Waals surface area contributed by atoms with Crippen molar-refractivity contribution in [2.45, 2.75) is 19.2 Å². The molecule has 0 saturated carbocycles. The highest BCUT2D eigenvalue weighted by Gasteiger charge is 2.36. The number of nitrogens with one attached hydrogen (secondary N) is 1. The lowest BCUT2D eigenvalue weighted by Gasteiger charge is -2.25. The van der Waals surface area contributed by atoms with E-state index >= 15 is 0 Å². The highest BCUT2D eigenvalue weighted by molar-refractivity contribution is 8.03. The van der Waals surface area contributed by atoms with E-state index in [0.29, 0.717) is 0 Å². The van der Waals surface area contributed by atoms with Crippen LogP contribution in [0.1, 0.15) is 18.1 Å². The fourth-order valence-corrected chi connectivity index (χ4v) is 3.56. The Bertz CT molecular complexity index is 557. The van der Waals surface area contributed by atoms with Crippen LogP contribution in [0.2, 0.25) is 0 Å². The van der Waals surface area contributed by atoms with Crippen molar-refractivity contribution in [3.63, 3.8) is 0 Å². The number of fused-ring (bicyclic) bond motifs is 1. The molecular weight excluding hydrogens is 254 g/mol. The predicted octanol–water partition coefficient (Wildman–Crippen LogP) is 3.07. The molecule has 4 heteroatoms. The Morgan fingerprint density at radius 3 is 2.84 bits per heavy atom. The molecule has 19 heavy (non-hydrogen) atoms. The third kappa shape index (κ3) is 2.32. The van der Waals surface area contributed by atoms with Crippen LogP contribution >= 0.6 is 11.8 Å². The Labute approximate surface area is 117 Å². The molecule has 2 aliphatic heterocycles. The van der Waals surface area contributed by atoms with Gasteiger partial charge < -0.3 is 5.32 Å². The van der Waals surface area contributed by atoms with Crippen LogP contribution in [0.4, 0.5) is 0 Å². The third-order valence-corrected chi connectivity index (χ3v) is 4.46. The molecule has 0 fully saturated rings. The minimum Gasteiger partial charge on any atom is -0.335 e. The number of benzene rings is 1. The number of amidine groups is 1. The summed E-state index contributed by atoms with van der Waals surface area (Å²) in [6.07, 6.45) is 1.77. The zero-order valence-corrected chi connectivity index (χ0v) is 11.9. The Morgan fingerprint density at radius 2 is 2.11 bits per heavy atom. The molecule has 0 aromatic heterocycles. The predicted molar refractivity (Wildman–Crippen MR) is 83.6 cm³/mol. The first-order valence-electron chi connectivity index (χ1n) is 6.54. The van der Waals surface area contributed by atoms with Crippen LogP contribution in [0.15, 0.2) is 39.7 Å². The van der Waals surface area contributed by atoms with Crippen molar-refractivity contribution in [2.24, 2.45) is 15.9 Å². The Kier molecular flexibility index (Phi) is 3.42. The molecule has 2 atom stereocenters. The van der Waals surface area contributed by atoms with Gasteiger partial charge in [0.15, 0.2) is 0 Å². The van der Waals surface area contributed by atoms with Crippen molar-refractivity contribution in [3.8, 4) is 0 Å². The van der Waals surface area contributed by atoms with Crippen LogP contribution in [0.5, 0.6) is 0 Å². The van der Waals surface area contributed by atoms with Crippen molar-refractivity contribution in [3.05, 3.63) is 40.8 Å². The van der Waals surface area contributed by atoms with E-state index in [2.05, 4.69) is 58.8 Å². The zero-order chi connectivity index (χ0) is 13.2. The van der Waals surface area contributed by atoms with Crippen LogP contribution in [0.3, 0.4) is 0 Å². The van der Waals surface area contributed by atoms with Gasteiger partial charge in [0.1, 0.15) is 11.2 Å². The second kappa shape index (κ2) is 5.21. The number of thioether (sulfide) groups is 1. The van der Waals surface area contributed by atoms with Crippen LogP contribution in [0.25, 0.3) is 5.57 Å². The molecule has 0 bridgehead atoms. The smallest absolute Gasteiger partial charge is 0.115 e. The standard InChI is InChI=1S/C15H17N3S/c1-3-16-14-13-12(8-19-15(13)18-9-17-14)11-6-4-10(2)5-7-11/h4-9,13,15H,3H2,1-2H3,(H,16,17,18)/t13-,15+/m0/s1. The summed E-state index contributed by atoms with van der Waals surface area (Å²) in [6.45, 7) is 4.97. The van der Waals surface area contributed by atoms with E-state index in [0.717, 1.165) is 12.4 Å². The van der Waals surface area contributed by atoms with Crippen molar-refractivity contribution >= 4 is 29.5 Å². The molecule has 0 spiro atoms. The fourth-order valence-electron chi connectivity index (χ4n) is 2.43. The van der Waals surface area contributed by atoms with Crippen LogP contribution in [0, 0.1) is 12.8 Å². The highest BCUT2D eigenvalue weighted by atomic mass is 32.2. The molecule has 98 valence electrons. The van der Waals surface area contributed by atoms with E-state index in [9.17, 15) is 0 Å². The SMILES string of the molecule is CCN=C1NC=N[C@@H]2SC=C(c3ccc(C)cc3)[C@@H]12. The maximum atomic E-state index is 4.58. The van der Waals surface area contributed by atoms with E-state index in [1.807, 2.05) is 0 Å². The third-order valence-electron chi connectivity index (χ3n) is 3.40. The molecule has 3 nitrogen and oxygen atoms in total. The summed E-state index contributed by atoms with van der Waals surface area (Å²) < 4.78 is 0. The van der Waals surface area contributed by atoms with Gasteiger partial charge in [0.2, 0.25) is 0 Å². The minimum absolute atomic E-state index is 0.239. The summed E-state index contributed by atoms with van der Waals surface area (Å²) in [7, 11) is 0. The molecule has 1 aromatic rings. The molecule has 0 amide bonds. The normalized spacial score (nSPS) is 27.1. The molecule has 2 aliphatic rings. The lowest BCUT2D eigenvalue weighted by Crippen LogP contribution is -2.39. The van der Waals surface area contributed by atoms with E-state index in [1.165, 1.54) is 16.7 Å². The monoisotopic (exact) mass is 271 g/mol. The molecule has 0 aliphatic carbocycles. The molecule has 0 unspecified atom stereocenters. The largest absolute Gasteiger partial charge is 0.335 e. The van der Waals surface area contributed by atoms with Crippen molar-refractivity contribution in [1.29, 1.82) is 0 Å². The average Bonchev–Trinajstić information content (AvgIpc) is 2.85. The van der Waals surface area contributed by atoms with Crippen molar-refractivity contribution in [2.75, 3.05) is 6.54 Å². The second-order valence-electron chi connectivity index (χ2n) is 4.73. The topological polar surface area (TPSA) is 36.8 Å². The number of aliphatic imine (C=N–C) groups is 2. The molecular formula is C15H17N3S. The Balaban J connectivity index is 1.96. The molecule has 2 heterocycles. The lowest BCUT2D eigenvalue weighted by atomic mass is 9.91. The summed E-state index contributed by atoms with van der Waals surface area (Å²) in [5, 5.41) is 5.68. The molecule has 0 saturated heterocycles. The summed E-state index contributed by atoms with van der Waals surface area (Å²) in [5.41, 5.74) is 3.88. The summed E-state index contributed by atoms with van der Waals surface area (Å²) in [4.78, 5) is 9.09. The lowest BCUT2D eigenvalue weighted by molar-refractivity contribution is 0.790. The first-order chi connectivity index (χ1) is 9.29. The number of aryl methyl sites for hydroxylation is 1. The summed E-state index contributed by atoms with van der Waals surface area (Å²) in [6, 6.07) is 8.69. The number of nitrogens with zero attached hydrogens (tertiary/aromatic N) is 2. The van der Waals surface area contributed by atoms with Gasteiger partial charge >= 0.3 is 0 Å². The van der Waals surface area contributed by atoms with E-state index in [1.54, 1.807) is 18.1 Å². The molecule has 3 rings (SSSR count). The number of hydrogen-bond acceptors (Lipinski definition) is 3. The van der Waals surface area contributed by atoms with Gasteiger partial charge in [-0.3, -0.25) is 9.98 Å². The van der Waals surface area contributed by atoms with Crippen LogP contribution < -0.4 is 5.32 Å². The van der Waals surface area contributed by atoms with Gasteiger partial charge in [-0.2, -0.15) is 0 Å². The van der Waals surface area contributed by atoms with Gasteiger partial charge in [0, 0.05) is 6.54 Å². The number of hydrogen-bond donors (Lipinski definition) is 1. The van der Waals surface area contributed by atoms with Crippen LogP contribution in [-0.4, -0.2) is 24.1 Å². The molecule has 1 N–H and O–H groups in total. The van der Waals surface area contributed by atoms with Crippen LogP contribution in [-0.2, 0) is 0 Å². The van der Waals surface area contributed by atoms with Gasteiger partial charge in [-0.15, -0.1) is 11.8 Å². The van der Waals surface area contributed by atoms with Gasteiger partial charge in [-0.25, -0.2) is 0 Å². The van der Waals surface area contributed by atoms with Gasteiger partial charge in [-0.1, -0.05) is 29.8 Å². The maximum absolute atomic E-state index is 4.58. The molecule has 0 radical (unpaired) electrons. The highest BCUT2D eigenvalue weighted by Crippen LogP contribution is 2.43.